The Morgan fingerprint density at radius 1 is 0.778 bits per heavy atom. The molecule has 0 aliphatic heterocycles. The van der Waals surface area contributed by atoms with Crippen molar-refractivity contribution >= 4 is 22.7 Å². The number of carboxylic acid groups (broad SMARTS) is 2. The fourth-order valence-corrected chi connectivity index (χ4v) is 2.04. The van der Waals surface area contributed by atoms with Crippen LogP contribution in [0.4, 0.5) is 0 Å². The Kier molecular flexibility index (Phi) is 2.79. The number of fused-ring (bicyclic) bond motifs is 1. The maximum Gasteiger partial charge on any atom is 0.335 e. The summed E-state index contributed by atoms with van der Waals surface area (Å²) in [7, 11) is 0. The molecule has 0 atom stereocenters. The first-order valence-corrected chi connectivity index (χ1v) is 5.41. The summed E-state index contributed by atoms with van der Waals surface area (Å²) in [4.78, 5) is 22.1. The summed E-state index contributed by atoms with van der Waals surface area (Å²) in [5.74, 6) is -2.02. The highest BCUT2D eigenvalue weighted by Gasteiger charge is 2.12. The molecule has 0 heterocycles. The average Bonchev–Trinajstić information content (AvgIpc) is 2.26. The van der Waals surface area contributed by atoms with Crippen molar-refractivity contribution in [2.45, 2.75) is 13.8 Å². The molecule has 2 rings (SSSR count). The van der Waals surface area contributed by atoms with Crippen molar-refractivity contribution in [3.05, 3.63) is 46.5 Å². The van der Waals surface area contributed by atoms with Gasteiger partial charge in [-0.25, -0.2) is 9.59 Å². The van der Waals surface area contributed by atoms with Crippen LogP contribution in [0.1, 0.15) is 31.8 Å². The summed E-state index contributed by atoms with van der Waals surface area (Å²) < 4.78 is 0. The van der Waals surface area contributed by atoms with Crippen LogP contribution in [0.25, 0.3) is 10.8 Å². The van der Waals surface area contributed by atoms with Gasteiger partial charge in [0, 0.05) is 0 Å². The molecule has 0 aliphatic carbocycles. The summed E-state index contributed by atoms with van der Waals surface area (Å²) in [6.45, 7) is 3.45. The smallest absolute Gasteiger partial charge is 0.335 e. The first kappa shape index (κ1) is 12.1. The number of rotatable bonds is 2. The minimum absolute atomic E-state index is 0.197. The van der Waals surface area contributed by atoms with Crippen LogP contribution in [0.3, 0.4) is 0 Å². The molecule has 92 valence electrons. The van der Waals surface area contributed by atoms with Gasteiger partial charge in [-0.1, -0.05) is 12.1 Å². The van der Waals surface area contributed by atoms with E-state index in [2.05, 4.69) is 0 Å². The first-order valence-electron chi connectivity index (χ1n) is 5.41. The minimum atomic E-state index is -1.01. The molecule has 0 bridgehead atoms. The molecular weight excluding hydrogens is 232 g/mol. The number of benzene rings is 2. The zero-order chi connectivity index (χ0) is 13.4. The van der Waals surface area contributed by atoms with Gasteiger partial charge in [-0.2, -0.15) is 0 Å². The zero-order valence-electron chi connectivity index (χ0n) is 10.0. The van der Waals surface area contributed by atoms with Crippen LogP contribution in [-0.2, 0) is 0 Å². The minimum Gasteiger partial charge on any atom is -0.478 e. The predicted octanol–water partition coefficient (Wildman–Crippen LogP) is 2.85. The molecule has 4 heteroatoms. The van der Waals surface area contributed by atoms with E-state index in [4.69, 9.17) is 10.2 Å². The second-order valence-electron chi connectivity index (χ2n) is 4.29. The Balaban J connectivity index is 2.79. The molecule has 2 aromatic rings. The number of aromatic carboxylic acids is 2. The number of hydrogen-bond donors (Lipinski definition) is 2. The molecule has 0 saturated carbocycles. The van der Waals surface area contributed by atoms with Crippen molar-refractivity contribution in [2.24, 2.45) is 0 Å². The molecule has 0 fully saturated rings. The highest BCUT2D eigenvalue weighted by atomic mass is 16.4. The average molecular weight is 244 g/mol. The molecular formula is C14H12O4. The molecule has 2 N–H and O–H groups in total. The third-order valence-corrected chi connectivity index (χ3v) is 2.99. The van der Waals surface area contributed by atoms with Crippen LogP contribution in [0.2, 0.25) is 0 Å². The van der Waals surface area contributed by atoms with Crippen molar-refractivity contribution in [3.8, 4) is 0 Å². The lowest BCUT2D eigenvalue weighted by Crippen LogP contribution is -2.02. The van der Waals surface area contributed by atoms with Gasteiger partial charge in [0.1, 0.15) is 0 Å². The van der Waals surface area contributed by atoms with Gasteiger partial charge >= 0.3 is 11.9 Å². The topological polar surface area (TPSA) is 74.6 Å². The van der Waals surface area contributed by atoms with E-state index in [9.17, 15) is 9.59 Å². The van der Waals surface area contributed by atoms with E-state index in [1.54, 1.807) is 26.0 Å². The van der Waals surface area contributed by atoms with Crippen molar-refractivity contribution < 1.29 is 19.8 Å². The Morgan fingerprint density at radius 3 is 1.44 bits per heavy atom. The Hall–Kier alpha value is -2.36. The Labute approximate surface area is 103 Å². The molecule has 0 radical (unpaired) electrons. The van der Waals surface area contributed by atoms with E-state index < -0.39 is 11.9 Å². The molecule has 4 nitrogen and oxygen atoms in total. The van der Waals surface area contributed by atoms with E-state index in [1.807, 2.05) is 0 Å². The lowest BCUT2D eigenvalue weighted by Gasteiger charge is -2.07. The molecule has 0 saturated heterocycles. The molecule has 0 aliphatic rings. The van der Waals surface area contributed by atoms with Gasteiger partial charge in [0.2, 0.25) is 0 Å². The molecule has 0 amide bonds. The van der Waals surface area contributed by atoms with Gasteiger partial charge in [0.05, 0.1) is 11.1 Å². The van der Waals surface area contributed by atoms with Crippen molar-refractivity contribution in [1.82, 2.24) is 0 Å². The highest BCUT2D eigenvalue weighted by Crippen LogP contribution is 2.23. The van der Waals surface area contributed by atoms with Gasteiger partial charge in [0.15, 0.2) is 0 Å². The highest BCUT2D eigenvalue weighted by molar-refractivity contribution is 6.00. The molecule has 2 aromatic carbocycles. The summed E-state index contributed by atoms with van der Waals surface area (Å²) in [5, 5.41) is 19.6. The van der Waals surface area contributed by atoms with Gasteiger partial charge in [-0.15, -0.1) is 0 Å². The molecule has 0 unspecified atom stereocenters. The van der Waals surface area contributed by atoms with Gasteiger partial charge in [0.25, 0.3) is 0 Å². The molecule has 0 spiro atoms. The number of carboxylic acids is 2. The lowest BCUT2D eigenvalue weighted by molar-refractivity contribution is 0.0686. The third-order valence-electron chi connectivity index (χ3n) is 2.99. The van der Waals surface area contributed by atoms with Crippen LogP contribution in [0, 0.1) is 13.8 Å². The molecule has 18 heavy (non-hydrogen) atoms. The quantitative estimate of drug-likeness (QED) is 0.851. The van der Waals surface area contributed by atoms with E-state index in [0.717, 1.165) is 5.39 Å². The standard InChI is InChI=1S/C14H12O4/c1-7-3-9-4-8(2)12(14(17)18)6-10(9)5-11(7)13(15)16/h3-6H,1-2H3,(H,15,16)(H,17,18). The molecule has 0 aromatic heterocycles. The van der Waals surface area contributed by atoms with E-state index >= 15 is 0 Å². The Morgan fingerprint density at radius 2 is 1.11 bits per heavy atom. The second-order valence-corrected chi connectivity index (χ2v) is 4.29. The van der Waals surface area contributed by atoms with E-state index in [1.165, 1.54) is 12.1 Å². The SMILES string of the molecule is Cc1cc2cc(C)c(C(=O)O)cc2cc1C(=O)O. The normalized spacial score (nSPS) is 10.6. The Bertz CT molecular complexity index is 616. The van der Waals surface area contributed by atoms with Crippen molar-refractivity contribution in [3.63, 3.8) is 0 Å². The fourth-order valence-electron chi connectivity index (χ4n) is 2.04. The summed E-state index contributed by atoms with van der Waals surface area (Å²) >= 11 is 0. The first-order chi connectivity index (χ1) is 8.40. The monoisotopic (exact) mass is 244 g/mol. The summed E-state index contributed by atoms with van der Waals surface area (Å²) in [6.07, 6.45) is 0. The largest absolute Gasteiger partial charge is 0.478 e. The van der Waals surface area contributed by atoms with Crippen molar-refractivity contribution in [1.29, 1.82) is 0 Å². The number of hydrogen-bond acceptors (Lipinski definition) is 2. The van der Waals surface area contributed by atoms with Crippen LogP contribution >= 0.6 is 0 Å². The van der Waals surface area contributed by atoms with Gasteiger partial charge in [-0.05, 0) is 47.9 Å². The fraction of sp³-hybridized carbons (Fsp3) is 0.143. The van der Waals surface area contributed by atoms with Crippen LogP contribution < -0.4 is 0 Å². The van der Waals surface area contributed by atoms with Gasteiger partial charge in [-0.3, -0.25) is 0 Å². The maximum atomic E-state index is 11.0. The maximum absolute atomic E-state index is 11.0. The summed E-state index contributed by atoms with van der Waals surface area (Å²) in [5.41, 5.74) is 1.72. The van der Waals surface area contributed by atoms with E-state index in [-0.39, 0.29) is 11.1 Å². The van der Waals surface area contributed by atoms with Crippen LogP contribution in [0.15, 0.2) is 24.3 Å². The lowest BCUT2D eigenvalue weighted by atomic mass is 9.97. The second kappa shape index (κ2) is 4.14. The summed E-state index contributed by atoms with van der Waals surface area (Å²) in [6, 6.07) is 6.55. The van der Waals surface area contributed by atoms with Crippen LogP contribution in [0.5, 0.6) is 0 Å². The predicted molar refractivity (Wildman–Crippen MR) is 67.3 cm³/mol. The van der Waals surface area contributed by atoms with Gasteiger partial charge < -0.3 is 10.2 Å². The number of carbonyl (C=O) groups is 2. The third kappa shape index (κ3) is 1.93. The van der Waals surface area contributed by atoms with Crippen LogP contribution in [-0.4, -0.2) is 22.2 Å². The zero-order valence-corrected chi connectivity index (χ0v) is 10.0. The van der Waals surface area contributed by atoms with E-state index in [0.29, 0.717) is 16.5 Å². The van der Waals surface area contributed by atoms with Crippen molar-refractivity contribution in [2.75, 3.05) is 0 Å². The number of aryl methyl sites for hydroxylation is 2.